The minimum atomic E-state index is 0.0123. The Hall–Kier alpha value is -0.730. The maximum Gasteiger partial charge on any atom is 0.188 e. The molecule has 3 N–H and O–H groups in total. The molecule has 3 heteroatoms. The molecule has 0 atom stereocenters. The van der Waals surface area contributed by atoms with Gasteiger partial charge < -0.3 is 11.1 Å². The lowest BCUT2D eigenvalue weighted by molar-refractivity contribution is 0.343. The van der Waals surface area contributed by atoms with E-state index in [4.69, 9.17) is 5.73 Å². The van der Waals surface area contributed by atoms with Crippen molar-refractivity contribution in [2.24, 2.45) is 16.6 Å². The van der Waals surface area contributed by atoms with Crippen molar-refractivity contribution in [3.63, 3.8) is 0 Å². The summed E-state index contributed by atoms with van der Waals surface area (Å²) in [5.74, 6) is 1.48. The van der Waals surface area contributed by atoms with Crippen LogP contribution in [0.4, 0.5) is 0 Å². The Bertz CT molecular complexity index is 222. The van der Waals surface area contributed by atoms with E-state index in [1.807, 2.05) is 0 Å². The van der Waals surface area contributed by atoms with E-state index < -0.39 is 0 Å². The minimum absolute atomic E-state index is 0.0123. The zero-order valence-electron chi connectivity index (χ0n) is 11.1. The second-order valence-corrected chi connectivity index (χ2v) is 5.93. The first-order chi connectivity index (χ1) is 7.47. The van der Waals surface area contributed by atoms with E-state index in [1.165, 1.54) is 38.5 Å². The summed E-state index contributed by atoms with van der Waals surface area (Å²) in [7, 11) is 0. The van der Waals surface area contributed by atoms with Crippen molar-refractivity contribution >= 4 is 5.96 Å². The first kappa shape index (κ1) is 13.3. The third-order valence-corrected chi connectivity index (χ3v) is 3.05. The third kappa shape index (κ3) is 5.99. The van der Waals surface area contributed by atoms with Gasteiger partial charge in [0.2, 0.25) is 0 Å². The van der Waals surface area contributed by atoms with Gasteiger partial charge in [-0.15, -0.1) is 0 Å². The van der Waals surface area contributed by atoms with Crippen LogP contribution in [-0.4, -0.2) is 18.0 Å². The largest absolute Gasteiger partial charge is 0.370 e. The maximum absolute atomic E-state index is 5.81. The number of nitrogens with zero attached hydrogens (tertiary/aromatic N) is 1. The van der Waals surface area contributed by atoms with Gasteiger partial charge in [-0.25, -0.2) is 0 Å². The fraction of sp³-hybridized carbons (Fsp3) is 0.923. The second-order valence-electron chi connectivity index (χ2n) is 5.93. The summed E-state index contributed by atoms with van der Waals surface area (Å²) in [6.45, 7) is 7.16. The summed E-state index contributed by atoms with van der Waals surface area (Å²) in [6, 6.07) is 0. The molecule has 0 aromatic carbocycles. The predicted octanol–water partition coefficient (Wildman–Crippen LogP) is 2.66. The Morgan fingerprint density at radius 2 is 1.88 bits per heavy atom. The van der Waals surface area contributed by atoms with Gasteiger partial charge in [0.15, 0.2) is 5.96 Å². The summed E-state index contributed by atoms with van der Waals surface area (Å²) in [4.78, 5) is 4.39. The van der Waals surface area contributed by atoms with Crippen LogP contribution in [0, 0.1) is 5.92 Å². The summed E-state index contributed by atoms with van der Waals surface area (Å²) in [5.41, 5.74) is 5.83. The van der Waals surface area contributed by atoms with Gasteiger partial charge >= 0.3 is 0 Å². The van der Waals surface area contributed by atoms with Crippen LogP contribution in [0.3, 0.4) is 0 Å². The number of nitrogens with two attached hydrogens (primary N) is 1. The molecule has 0 aromatic heterocycles. The molecule has 1 aliphatic carbocycles. The minimum Gasteiger partial charge on any atom is -0.370 e. The zero-order chi connectivity index (χ0) is 12.0. The molecule has 1 rings (SSSR count). The molecule has 1 saturated carbocycles. The Morgan fingerprint density at radius 3 is 2.44 bits per heavy atom. The molecule has 3 nitrogen and oxygen atoms in total. The average Bonchev–Trinajstić information content (AvgIpc) is 2.16. The molecule has 1 fully saturated rings. The molecule has 1 aliphatic rings. The molecular weight excluding hydrogens is 198 g/mol. The normalized spacial score (nSPS) is 19.8. The Kier molecular flexibility index (Phi) is 5.10. The van der Waals surface area contributed by atoms with Crippen molar-refractivity contribution in [1.82, 2.24) is 5.32 Å². The van der Waals surface area contributed by atoms with Gasteiger partial charge in [0.05, 0.1) is 0 Å². The standard InChI is InChI=1S/C13H27N3/c1-13(2,3)16-12(14)15-10-9-11-7-5-4-6-8-11/h11H,4-10H2,1-3H3,(H3,14,15,16). The van der Waals surface area contributed by atoms with Crippen LogP contribution in [0.15, 0.2) is 4.99 Å². The molecule has 0 aliphatic heterocycles. The fourth-order valence-electron chi connectivity index (χ4n) is 2.27. The molecule has 94 valence electrons. The molecule has 0 amide bonds. The maximum atomic E-state index is 5.81. The molecule has 0 saturated heterocycles. The van der Waals surface area contributed by atoms with Gasteiger partial charge in [-0.1, -0.05) is 32.1 Å². The van der Waals surface area contributed by atoms with Crippen LogP contribution in [0.25, 0.3) is 0 Å². The van der Waals surface area contributed by atoms with E-state index in [2.05, 4.69) is 31.1 Å². The van der Waals surface area contributed by atoms with Crippen molar-refractivity contribution in [2.75, 3.05) is 6.54 Å². The molecule has 0 spiro atoms. The van der Waals surface area contributed by atoms with Crippen LogP contribution in [0.2, 0.25) is 0 Å². The highest BCUT2D eigenvalue weighted by Crippen LogP contribution is 2.25. The average molecular weight is 225 g/mol. The van der Waals surface area contributed by atoms with Gasteiger partial charge in [-0.2, -0.15) is 0 Å². The fourth-order valence-corrected chi connectivity index (χ4v) is 2.27. The van der Waals surface area contributed by atoms with Crippen LogP contribution >= 0.6 is 0 Å². The van der Waals surface area contributed by atoms with E-state index in [0.29, 0.717) is 5.96 Å². The predicted molar refractivity (Wildman–Crippen MR) is 70.6 cm³/mol. The van der Waals surface area contributed by atoms with E-state index in [0.717, 1.165) is 12.5 Å². The first-order valence-electron chi connectivity index (χ1n) is 6.55. The number of guanidine groups is 1. The number of hydrogen-bond acceptors (Lipinski definition) is 1. The lowest BCUT2D eigenvalue weighted by Crippen LogP contribution is -2.45. The molecule has 0 heterocycles. The molecule has 16 heavy (non-hydrogen) atoms. The van der Waals surface area contributed by atoms with Crippen molar-refractivity contribution in [3.05, 3.63) is 0 Å². The van der Waals surface area contributed by atoms with Gasteiger partial charge in [-0.3, -0.25) is 4.99 Å². The number of hydrogen-bond donors (Lipinski definition) is 2. The number of rotatable bonds is 3. The van der Waals surface area contributed by atoms with Crippen LogP contribution in [0.1, 0.15) is 59.3 Å². The van der Waals surface area contributed by atoms with Crippen LogP contribution < -0.4 is 11.1 Å². The summed E-state index contributed by atoms with van der Waals surface area (Å²) >= 11 is 0. The topological polar surface area (TPSA) is 50.4 Å². The Balaban J connectivity index is 2.19. The highest BCUT2D eigenvalue weighted by atomic mass is 15.1. The molecule has 0 unspecified atom stereocenters. The molecular formula is C13H27N3. The van der Waals surface area contributed by atoms with E-state index in [-0.39, 0.29) is 5.54 Å². The Morgan fingerprint density at radius 1 is 1.25 bits per heavy atom. The smallest absolute Gasteiger partial charge is 0.188 e. The molecule has 0 bridgehead atoms. The van der Waals surface area contributed by atoms with E-state index in [1.54, 1.807) is 0 Å². The van der Waals surface area contributed by atoms with Crippen molar-refractivity contribution in [3.8, 4) is 0 Å². The van der Waals surface area contributed by atoms with Gasteiger partial charge in [0, 0.05) is 12.1 Å². The van der Waals surface area contributed by atoms with E-state index in [9.17, 15) is 0 Å². The summed E-state index contributed by atoms with van der Waals surface area (Å²) < 4.78 is 0. The number of aliphatic imine (C=N–C) groups is 1. The lowest BCUT2D eigenvalue weighted by Gasteiger charge is -2.22. The van der Waals surface area contributed by atoms with Crippen LogP contribution in [0.5, 0.6) is 0 Å². The quantitative estimate of drug-likeness (QED) is 0.573. The highest BCUT2D eigenvalue weighted by molar-refractivity contribution is 5.78. The van der Waals surface area contributed by atoms with Crippen molar-refractivity contribution in [1.29, 1.82) is 0 Å². The van der Waals surface area contributed by atoms with Gasteiger partial charge in [0.25, 0.3) is 0 Å². The lowest BCUT2D eigenvalue weighted by atomic mass is 9.87. The monoisotopic (exact) mass is 225 g/mol. The number of nitrogens with one attached hydrogen (secondary N) is 1. The first-order valence-corrected chi connectivity index (χ1v) is 6.55. The molecule has 0 aromatic rings. The second kappa shape index (κ2) is 6.12. The third-order valence-electron chi connectivity index (χ3n) is 3.05. The zero-order valence-corrected chi connectivity index (χ0v) is 11.1. The SMILES string of the molecule is CC(C)(C)NC(N)=NCCC1CCCCC1. The van der Waals surface area contributed by atoms with E-state index >= 15 is 0 Å². The summed E-state index contributed by atoms with van der Waals surface area (Å²) in [5, 5.41) is 3.18. The van der Waals surface area contributed by atoms with Crippen molar-refractivity contribution < 1.29 is 0 Å². The van der Waals surface area contributed by atoms with Crippen molar-refractivity contribution in [2.45, 2.75) is 64.8 Å². The van der Waals surface area contributed by atoms with Gasteiger partial charge in [-0.05, 0) is 33.1 Å². The Labute approximate surface area is 99.9 Å². The van der Waals surface area contributed by atoms with Gasteiger partial charge in [0.1, 0.15) is 0 Å². The van der Waals surface area contributed by atoms with Crippen LogP contribution in [-0.2, 0) is 0 Å². The summed E-state index contributed by atoms with van der Waals surface area (Å²) in [6.07, 6.45) is 8.22. The highest BCUT2D eigenvalue weighted by Gasteiger charge is 2.13. The molecule has 0 radical (unpaired) electrons.